The zero-order chi connectivity index (χ0) is 15.6. The third-order valence-corrected chi connectivity index (χ3v) is 5.42. The van der Waals surface area contributed by atoms with E-state index in [-0.39, 0.29) is 5.78 Å². The molecule has 1 spiro atoms. The largest absolute Gasteiger partial charge is 0.370 e. The van der Waals surface area contributed by atoms with Gasteiger partial charge in [-0.05, 0) is 56.2 Å². The maximum atomic E-state index is 12.0. The summed E-state index contributed by atoms with van der Waals surface area (Å²) >= 11 is 0. The zero-order valence-corrected chi connectivity index (χ0v) is 13.4. The van der Waals surface area contributed by atoms with E-state index in [1.807, 2.05) is 12.1 Å². The lowest BCUT2D eigenvalue weighted by atomic mass is 9.69. The third kappa shape index (κ3) is 2.88. The lowest BCUT2D eigenvalue weighted by Gasteiger charge is -2.46. The van der Waals surface area contributed by atoms with E-state index in [1.165, 1.54) is 44.9 Å². The molecule has 3 heteroatoms. The van der Waals surface area contributed by atoms with Gasteiger partial charge >= 0.3 is 0 Å². The van der Waals surface area contributed by atoms with Gasteiger partial charge in [-0.3, -0.25) is 4.79 Å². The number of hydrogen-bond donors (Lipinski definition) is 0. The highest BCUT2D eigenvalue weighted by molar-refractivity contribution is 6.00. The summed E-state index contributed by atoms with van der Waals surface area (Å²) in [5.41, 5.74) is 2.80. The monoisotopic (exact) mass is 296 g/mol. The fraction of sp³-hybridized carbons (Fsp3) is 0.579. The Kier molecular flexibility index (Phi) is 4.20. The summed E-state index contributed by atoms with van der Waals surface area (Å²) < 4.78 is 0. The average molecular weight is 296 g/mol. The van der Waals surface area contributed by atoms with Crippen molar-refractivity contribution in [2.45, 2.75) is 51.9 Å². The Labute approximate surface area is 132 Å². The molecule has 22 heavy (non-hydrogen) atoms. The van der Waals surface area contributed by atoms with E-state index in [1.54, 1.807) is 13.0 Å². The maximum Gasteiger partial charge on any atom is 0.161 e. The number of rotatable bonds is 2. The fourth-order valence-electron chi connectivity index (χ4n) is 4.28. The van der Waals surface area contributed by atoms with Crippen LogP contribution in [0.15, 0.2) is 18.2 Å². The molecule has 1 aliphatic heterocycles. The number of ketones is 1. The number of anilines is 1. The highest BCUT2D eigenvalue weighted by Crippen LogP contribution is 2.44. The van der Waals surface area contributed by atoms with Crippen LogP contribution in [0.25, 0.3) is 0 Å². The van der Waals surface area contributed by atoms with E-state index in [0.29, 0.717) is 11.0 Å². The summed E-state index contributed by atoms with van der Waals surface area (Å²) in [6.45, 7) is 3.66. The topological polar surface area (TPSA) is 44.1 Å². The molecule has 1 aromatic rings. The van der Waals surface area contributed by atoms with Crippen molar-refractivity contribution in [3.8, 4) is 6.07 Å². The molecule has 2 aliphatic rings. The Morgan fingerprint density at radius 3 is 2.59 bits per heavy atom. The molecule has 0 aromatic heterocycles. The summed E-state index contributed by atoms with van der Waals surface area (Å²) in [7, 11) is 0. The predicted molar refractivity (Wildman–Crippen MR) is 88.1 cm³/mol. The van der Waals surface area contributed by atoms with Crippen molar-refractivity contribution in [3.63, 3.8) is 0 Å². The van der Waals surface area contributed by atoms with Gasteiger partial charge < -0.3 is 4.90 Å². The first-order valence-corrected chi connectivity index (χ1v) is 8.44. The molecule has 1 saturated carbocycles. The molecule has 1 heterocycles. The summed E-state index contributed by atoms with van der Waals surface area (Å²) in [5, 5.41) is 9.18. The quantitative estimate of drug-likeness (QED) is 0.764. The Morgan fingerprint density at radius 2 is 1.91 bits per heavy atom. The number of hydrogen-bond acceptors (Lipinski definition) is 3. The van der Waals surface area contributed by atoms with E-state index in [2.05, 4.69) is 11.0 Å². The molecule has 1 aromatic carbocycles. The first-order chi connectivity index (χ1) is 10.6. The van der Waals surface area contributed by atoms with Crippen LogP contribution < -0.4 is 4.90 Å². The minimum atomic E-state index is 0.0859. The minimum Gasteiger partial charge on any atom is -0.370 e. The van der Waals surface area contributed by atoms with Crippen molar-refractivity contribution in [2.24, 2.45) is 5.41 Å². The van der Waals surface area contributed by atoms with Crippen molar-refractivity contribution in [1.29, 1.82) is 5.26 Å². The lowest BCUT2D eigenvalue weighted by Crippen LogP contribution is -2.44. The number of carbonyl (C=O) groups is 1. The molecule has 3 nitrogen and oxygen atoms in total. The van der Waals surface area contributed by atoms with E-state index in [0.717, 1.165) is 24.3 Å². The molecule has 0 N–H and O–H groups in total. The second-order valence-corrected chi connectivity index (χ2v) is 6.99. The molecule has 0 bridgehead atoms. The summed E-state index contributed by atoms with van der Waals surface area (Å²) in [4.78, 5) is 14.3. The average Bonchev–Trinajstić information content (AvgIpc) is 2.55. The van der Waals surface area contributed by atoms with E-state index >= 15 is 0 Å². The van der Waals surface area contributed by atoms with Crippen molar-refractivity contribution in [2.75, 3.05) is 18.0 Å². The first-order valence-electron chi connectivity index (χ1n) is 8.44. The van der Waals surface area contributed by atoms with E-state index in [9.17, 15) is 10.1 Å². The molecule has 0 unspecified atom stereocenters. The number of Topliss-reactive ketones (excluding diaryl/α,β-unsaturated/α-hetero) is 1. The van der Waals surface area contributed by atoms with Crippen molar-refractivity contribution in [1.82, 2.24) is 0 Å². The molecule has 0 amide bonds. The Morgan fingerprint density at radius 1 is 1.18 bits per heavy atom. The smallest absolute Gasteiger partial charge is 0.161 e. The van der Waals surface area contributed by atoms with Crippen LogP contribution in [-0.2, 0) is 0 Å². The van der Waals surface area contributed by atoms with Gasteiger partial charge in [0.25, 0.3) is 0 Å². The molecule has 0 radical (unpaired) electrons. The molecule has 0 atom stereocenters. The molecule has 2 fully saturated rings. The molecule has 1 saturated heterocycles. The van der Waals surface area contributed by atoms with Crippen LogP contribution in [0.1, 0.15) is 67.8 Å². The van der Waals surface area contributed by atoms with Gasteiger partial charge in [0, 0.05) is 24.3 Å². The second-order valence-electron chi connectivity index (χ2n) is 6.99. The first kappa shape index (κ1) is 15.1. The van der Waals surface area contributed by atoms with Crippen LogP contribution in [0.5, 0.6) is 0 Å². The van der Waals surface area contributed by atoms with Crippen LogP contribution in [-0.4, -0.2) is 18.9 Å². The standard InChI is InChI=1S/C19H24N2O/c1-15(22)17-7-6-16(13-20)12-18(17)21-11-5-10-19(14-21)8-3-2-4-9-19/h6-7,12H,2-5,8-11,14H2,1H3. The zero-order valence-electron chi connectivity index (χ0n) is 13.4. The van der Waals surface area contributed by atoms with Crippen LogP contribution in [0, 0.1) is 16.7 Å². The van der Waals surface area contributed by atoms with Crippen LogP contribution in [0.4, 0.5) is 5.69 Å². The summed E-state index contributed by atoms with van der Waals surface area (Å²) in [6, 6.07) is 7.68. The summed E-state index contributed by atoms with van der Waals surface area (Å²) in [5.74, 6) is 0.0859. The normalized spacial score (nSPS) is 20.6. The Bertz CT molecular complexity index is 603. The van der Waals surface area contributed by atoms with Gasteiger partial charge in [0.2, 0.25) is 0 Å². The SMILES string of the molecule is CC(=O)c1ccc(C#N)cc1N1CCCC2(CCCCC2)C1. The fourth-order valence-corrected chi connectivity index (χ4v) is 4.28. The van der Waals surface area contributed by atoms with Gasteiger partial charge in [-0.15, -0.1) is 0 Å². The van der Waals surface area contributed by atoms with E-state index < -0.39 is 0 Å². The predicted octanol–water partition coefficient (Wildman–Crippen LogP) is 4.31. The maximum absolute atomic E-state index is 12.0. The van der Waals surface area contributed by atoms with Gasteiger partial charge in [-0.1, -0.05) is 19.3 Å². The van der Waals surface area contributed by atoms with Crippen LogP contribution in [0.3, 0.4) is 0 Å². The number of benzene rings is 1. The molecule has 1 aliphatic carbocycles. The Balaban J connectivity index is 1.92. The molecular weight excluding hydrogens is 272 g/mol. The second kappa shape index (κ2) is 6.12. The van der Waals surface area contributed by atoms with Crippen molar-refractivity contribution in [3.05, 3.63) is 29.3 Å². The van der Waals surface area contributed by atoms with Gasteiger partial charge in [-0.2, -0.15) is 5.26 Å². The number of carbonyl (C=O) groups excluding carboxylic acids is 1. The Hall–Kier alpha value is -1.82. The molecular formula is C19H24N2O. The third-order valence-electron chi connectivity index (χ3n) is 5.42. The molecule has 3 rings (SSSR count). The van der Waals surface area contributed by atoms with Gasteiger partial charge in [0.1, 0.15) is 0 Å². The van der Waals surface area contributed by atoms with Crippen molar-refractivity contribution >= 4 is 11.5 Å². The summed E-state index contributed by atoms with van der Waals surface area (Å²) in [6.07, 6.45) is 9.18. The van der Waals surface area contributed by atoms with Crippen LogP contribution >= 0.6 is 0 Å². The van der Waals surface area contributed by atoms with Crippen molar-refractivity contribution < 1.29 is 4.79 Å². The van der Waals surface area contributed by atoms with Gasteiger partial charge in [0.05, 0.1) is 11.6 Å². The van der Waals surface area contributed by atoms with Gasteiger partial charge in [0.15, 0.2) is 5.78 Å². The van der Waals surface area contributed by atoms with Crippen LogP contribution in [0.2, 0.25) is 0 Å². The highest BCUT2D eigenvalue weighted by atomic mass is 16.1. The lowest BCUT2D eigenvalue weighted by molar-refractivity contribution is 0.101. The number of piperidine rings is 1. The van der Waals surface area contributed by atoms with E-state index in [4.69, 9.17) is 0 Å². The number of nitriles is 1. The highest BCUT2D eigenvalue weighted by Gasteiger charge is 2.37. The molecule has 116 valence electrons. The minimum absolute atomic E-state index is 0.0859. The number of nitrogens with zero attached hydrogens (tertiary/aromatic N) is 2. The van der Waals surface area contributed by atoms with Gasteiger partial charge in [-0.25, -0.2) is 0 Å².